The van der Waals surface area contributed by atoms with Crippen molar-refractivity contribution in [2.45, 2.75) is 45.4 Å². The summed E-state index contributed by atoms with van der Waals surface area (Å²) in [6, 6.07) is 15.4. The van der Waals surface area contributed by atoms with Crippen molar-refractivity contribution in [1.82, 2.24) is 5.32 Å². The van der Waals surface area contributed by atoms with E-state index in [0.29, 0.717) is 35.6 Å². The van der Waals surface area contributed by atoms with Crippen molar-refractivity contribution >= 4 is 39.3 Å². The number of benzene rings is 2. The Kier molecular flexibility index (Phi) is 7.10. The highest BCUT2D eigenvalue weighted by molar-refractivity contribution is 9.10. The maximum absolute atomic E-state index is 13.6. The molecule has 0 aromatic heterocycles. The average Bonchev–Trinajstić information content (AvgIpc) is 2.77. The monoisotopic (exact) mass is 527 g/mol. The van der Waals surface area contributed by atoms with Gasteiger partial charge in [0.2, 0.25) is 0 Å². The molecule has 1 N–H and O–H groups in total. The van der Waals surface area contributed by atoms with Gasteiger partial charge in [-0.3, -0.25) is 4.79 Å². The van der Waals surface area contributed by atoms with Crippen LogP contribution < -0.4 is 5.32 Å². The Morgan fingerprint density at radius 3 is 2.52 bits per heavy atom. The third-order valence-electron chi connectivity index (χ3n) is 6.15. The van der Waals surface area contributed by atoms with E-state index in [9.17, 15) is 9.59 Å². The maximum Gasteiger partial charge on any atom is 0.336 e. The summed E-state index contributed by atoms with van der Waals surface area (Å²) in [6.45, 7) is 6.22. The quantitative estimate of drug-likeness (QED) is 0.441. The fourth-order valence-corrected chi connectivity index (χ4v) is 5.26. The van der Waals surface area contributed by atoms with E-state index in [0.717, 1.165) is 27.0 Å². The molecule has 0 saturated heterocycles. The topological polar surface area (TPSA) is 55.4 Å². The van der Waals surface area contributed by atoms with Gasteiger partial charge in [-0.1, -0.05) is 71.7 Å². The lowest BCUT2D eigenvalue weighted by Gasteiger charge is -2.37. The van der Waals surface area contributed by atoms with Gasteiger partial charge in [0.05, 0.1) is 12.2 Å². The fraction of sp³-hybridized carbons (Fsp3) is 0.333. The molecular formula is C27H27BrClNO3. The number of ketones is 1. The number of rotatable bonds is 5. The Hall–Kier alpha value is -2.37. The minimum absolute atomic E-state index is 0.0473. The van der Waals surface area contributed by atoms with Crippen molar-refractivity contribution in [3.8, 4) is 0 Å². The molecule has 0 saturated carbocycles. The van der Waals surface area contributed by atoms with E-state index in [1.807, 2.05) is 69.3 Å². The van der Waals surface area contributed by atoms with Crippen LogP contribution >= 0.6 is 27.5 Å². The molecule has 33 heavy (non-hydrogen) atoms. The van der Waals surface area contributed by atoms with Crippen LogP contribution in [0.25, 0.3) is 0 Å². The molecular weight excluding hydrogens is 502 g/mol. The Morgan fingerprint density at radius 1 is 1.15 bits per heavy atom. The van der Waals surface area contributed by atoms with Crippen LogP contribution in [0.2, 0.25) is 5.02 Å². The van der Waals surface area contributed by atoms with Crippen LogP contribution in [-0.4, -0.2) is 18.4 Å². The van der Waals surface area contributed by atoms with E-state index in [4.69, 9.17) is 16.3 Å². The molecule has 1 aliphatic heterocycles. The fourth-order valence-electron chi connectivity index (χ4n) is 4.62. The highest BCUT2D eigenvalue weighted by Gasteiger charge is 2.42. The standard InChI is InChI=1S/C27H27BrClNO3/c1-15(2)14-33-27(32)24-16(3)30-22-12-18(17-8-10-19(29)11-9-17)13-23(31)26(22)25(24)20-6-4-5-7-21(20)28/h4-11,15,18,25,30H,12-14H2,1-3H3/t18-,25-/m0/s1. The number of Topliss-reactive ketones (excluding diaryl/α,β-unsaturated/α-hetero) is 1. The summed E-state index contributed by atoms with van der Waals surface area (Å²) in [6.07, 6.45) is 1.08. The number of esters is 1. The zero-order chi connectivity index (χ0) is 23.7. The second-order valence-corrected chi connectivity index (χ2v) is 10.4. The molecule has 1 aliphatic carbocycles. The minimum Gasteiger partial charge on any atom is -0.462 e. The molecule has 2 aromatic carbocycles. The van der Waals surface area contributed by atoms with E-state index >= 15 is 0 Å². The van der Waals surface area contributed by atoms with Crippen molar-refractivity contribution in [1.29, 1.82) is 0 Å². The largest absolute Gasteiger partial charge is 0.462 e. The van der Waals surface area contributed by atoms with Gasteiger partial charge in [-0.25, -0.2) is 4.79 Å². The van der Waals surface area contributed by atoms with Crippen LogP contribution in [0, 0.1) is 5.92 Å². The number of dihydropyridines is 1. The molecule has 2 atom stereocenters. The highest BCUT2D eigenvalue weighted by Crippen LogP contribution is 2.47. The first-order chi connectivity index (χ1) is 15.8. The Balaban J connectivity index is 1.77. The van der Waals surface area contributed by atoms with Crippen LogP contribution in [0.5, 0.6) is 0 Å². The molecule has 0 fully saturated rings. The lowest BCUT2D eigenvalue weighted by molar-refractivity contribution is -0.140. The summed E-state index contributed by atoms with van der Waals surface area (Å²) in [5, 5.41) is 4.07. The second kappa shape index (κ2) is 9.86. The minimum atomic E-state index is -0.477. The number of nitrogens with one attached hydrogen (secondary N) is 1. The van der Waals surface area contributed by atoms with E-state index in [2.05, 4.69) is 21.2 Å². The predicted octanol–water partition coefficient (Wildman–Crippen LogP) is 6.66. The summed E-state index contributed by atoms with van der Waals surface area (Å²) in [5.41, 5.74) is 4.74. The van der Waals surface area contributed by atoms with Crippen LogP contribution in [0.3, 0.4) is 0 Å². The molecule has 6 heteroatoms. The van der Waals surface area contributed by atoms with Crippen molar-refractivity contribution < 1.29 is 14.3 Å². The lowest BCUT2D eigenvalue weighted by atomic mass is 9.72. The predicted molar refractivity (Wildman–Crippen MR) is 134 cm³/mol. The lowest BCUT2D eigenvalue weighted by Crippen LogP contribution is -2.36. The molecule has 4 rings (SSSR count). The molecule has 2 aromatic rings. The Labute approximate surface area is 208 Å². The van der Waals surface area contributed by atoms with E-state index in [-0.39, 0.29) is 23.6 Å². The summed E-state index contributed by atoms with van der Waals surface area (Å²) in [5.74, 6) is -0.530. The van der Waals surface area contributed by atoms with Crippen molar-refractivity contribution in [3.63, 3.8) is 0 Å². The molecule has 0 radical (unpaired) electrons. The molecule has 0 bridgehead atoms. The van der Waals surface area contributed by atoms with Gasteiger partial charge in [-0.05, 0) is 54.5 Å². The summed E-state index contributed by atoms with van der Waals surface area (Å²) >= 11 is 9.70. The van der Waals surface area contributed by atoms with Crippen molar-refractivity contribution in [3.05, 3.63) is 91.7 Å². The molecule has 1 heterocycles. The SMILES string of the molecule is CC1=C(C(=O)OCC(C)C)[C@H](c2ccccc2Br)C2=C(C[C@H](c3ccc(Cl)cc3)CC2=O)N1. The van der Waals surface area contributed by atoms with Gasteiger partial charge in [-0.2, -0.15) is 0 Å². The first-order valence-corrected chi connectivity index (χ1v) is 12.3. The summed E-state index contributed by atoms with van der Waals surface area (Å²) in [7, 11) is 0. The van der Waals surface area contributed by atoms with Crippen LogP contribution in [0.15, 0.2) is 75.5 Å². The number of halogens is 2. The maximum atomic E-state index is 13.6. The number of ether oxygens (including phenoxy) is 1. The van der Waals surface area contributed by atoms with Gasteiger partial charge in [-0.15, -0.1) is 0 Å². The van der Waals surface area contributed by atoms with Gasteiger partial charge in [0.1, 0.15) is 0 Å². The summed E-state index contributed by atoms with van der Waals surface area (Å²) in [4.78, 5) is 26.8. The second-order valence-electron chi connectivity index (χ2n) is 9.08. The van der Waals surface area contributed by atoms with E-state index < -0.39 is 5.92 Å². The molecule has 4 nitrogen and oxygen atoms in total. The van der Waals surface area contributed by atoms with Gasteiger partial charge < -0.3 is 10.1 Å². The molecule has 0 amide bonds. The molecule has 0 unspecified atom stereocenters. The van der Waals surface area contributed by atoms with E-state index in [1.54, 1.807) is 0 Å². The zero-order valence-electron chi connectivity index (χ0n) is 19.0. The van der Waals surface area contributed by atoms with Crippen molar-refractivity contribution in [2.75, 3.05) is 6.61 Å². The third-order valence-corrected chi connectivity index (χ3v) is 7.13. The average molecular weight is 529 g/mol. The Bertz CT molecular complexity index is 1150. The molecule has 172 valence electrons. The van der Waals surface area contributed by atoms with Gasteiger partial charge in [0.15, 0.2) is 5.78 Å². The normalized spacial score (nSPS) is 20.6. The van der Waals surface area contributed by atoms with Crippen molar-refractivity contribution in [2.24, 2.45) is 5.92 Å². The van der Waals surface area contributed by atoms with Gasteiger partial charge in [0.25, 0.3) is 0 Å². The number of hydrogen-bond donors (Lipinski definition) is 1. The van der Waals surface area contributed by atoms with Crippen LogP contribution in [0.1, 0.15) is 56.6 Å². The van der Waals surface area contributed by atoms with Gasteiger partial charge >= 0.3 is 5.97 Å². The molecule has 0 spiro atoms. The highest BCUT2D eigenvalue weighted by atomic mass is 79.9. The van der Waals surface area contributed by atoms with Crippen LogP contribution in [-0.2, 0) is 14.3 Å². The smallest absolute Gasteiger partial charge is 0.336 e. The number of carbonyl (C=O) groups excluding carboxylic acids is 2. The van der Waals surface area contributed by atoms with E-state index in [1.165, 1.54) is 0 Å². The number of hydrogen-bond acceptors (Lipinski definition) is 4. The third kappa shape index (κ3) is 4.95. The molecule has 2 aliphatic rings. The summed E-state index contributed by atoms with van der Waals surface area (Å²) < 4.78 is 6.48. The van der Waals surface area contributed by atoms with Crippen LogP contribution in [0.4, 0.5) is 0 Å². The number of allylic oxidation sites excluding steroid dienone is 3. The zero-order valence-corrected chi connectivity index (χ0v) is 21.3. The Morgan fingerprint density at radius 2 is 1.85 bits per heavy atom. The van der Waals surface area contributed by atoms with Gasteiger partial charge in [0, 0.05) is 38.8 Å². The first-order valence-electron chi connectivity index (χ1n) is 11.2. The first kappa shape index (κ1) is 23.8. The number of carbonyl (C=O) groups is 2.